The molecule has 0 amide bonds. The maximum atomic E-state index is 11.9. The Kier molecular flexibility index (Phi) is 2.82. The fourth-order valence-corrected chi connectivity index (χ4v) is 2.57. The smallest absolute Gasteiger partial charge is 0.262 e. The van der Waals surface area contributed by atoms with Gasteiger partial charge in [-0.25, -0.2) is 8.42 Å². The summed E-state index contributed by atoms with van der Waals surface area (Å²) in [5, 5.41) is 0. The van der Waals surface area contributed by atoms with E-state index in [1.54, 1.807) is 12.1 Å². The largest absolute Gasteiger partial charge is 0.399 e. The van der Waals surface area contributed by atoms with Crippen LogP contribution in [0.2, 0.25) is 0 Å². The highest BCUT2D eigenvalue weighted by Crippen LogP contribution is 2.12. The average Bonchev–Trinajstić information content (AvgIpc) is 2.70. The van der Waals surface area contributed by atoms with Gasteiger partial charge < -0.3 is 5.73 Å². The van der Waals surface area contributed by atoms with Crippen molar-refractivity contribution >= 4 is 21.5 Å². The summed E-state index contributed by atoms with van der Waals surface area (Å²) < 4.78 is 26.2. The van der Waals surface area contributed by atoms with Crippen molar-refractivity contribution in [1.29, 1.82) is 0 Å². The van der Waals surface area contributed by atoms with Crippen LogP contribution in [0.4, 0.5) is 5.69 Å². The summed E-state index contributed by atoms with van der Waals surface area (Å²) in [6.45, 7) is 0.694. The molecule has 1 aromatic carbocycles. The fraction of sp³-hybridized carbons (Fsp3) is 0.300. The van der Waals surface area contributed by atoms with E-state index in [0.717, 1.165) is 6.42 Å². The zero-order valence-corrected chi connectivity index (χ0v) is 9.50. The maximum Gasteiger partial charge on any atom is 0.262 e. The number of hydrogen-bond acceptors (Lipinski definition) is 4. The molecule has 16 heavy (non-hydrogen) atoms. The number of benzene rings is 1. The normalized spacial score (nSPS) is 15.9. The van der Waals surface area contributed by atoms with Crippen molar-refractivity contribution < 1.29 is 8.42 Å². The van der Waals surface area contributed by atoms with E-state index in [1.807, 2.05) is 0 Å². The van der Waals surface area contributed by atoms with Gasteiger partial charge in [0, 0.05) is 18.7 Å². The lowest BCUT2D eigenvalue weighted by molar-refractivity contribution is 0.592. The molecule has 86 valence electrons. The van der Waals surface area contributed by atoms with Crippen LogP contribution in [0.3, 0.4) is 0 Å². The monoisotopic (exact) mass is 239 g/mol. The van der Waals surface area contributed by atoms with E-state index in [9.17, 15) is 8.42 Å². The van der Waals surface area contributed by atoms with Crippen LogP contribution in [0.5, 0.6) is 0 Å². The lowest BCUT2D eigenvalue weighted by Gasteiger charge is -2.07. The zero-order valence-electron chi connectivity index (χ0n) is 8.68. The molecule has 0 fully saturated rings. The number of nitrogens with one attached hydrogen (secondary N) is 1. The van der Waals surface area contributed by atoms with Gasteiger partial charge in [0.25, 0.3) is 10.0 Å². The predicted octanol–water partition coefficient (Wildman–Crippen LogP) is 0.739. The zero-order chi connectivity index (χ0) is 11.6. The first kappa shape index (κ1) is 10.9. The van der Waals surface area contributed by atoms with Crippen LogP contribution in [0.25, 0.3) is 0 Å². The molecule has 0 radical (unpaired) electrons. The summed E-state index contributed by atoms with van der Waals surface area (Å²) in [4.78, 5) is 4.27. The van der Waals surface area contributed by atoms with Crippen LogP contribution in [0.15, 0.2) is 34.2 Å². The summed E-state index contributed by atoms with van der Waals surface area (Å²) in [5.41, 5.74) is 6.03. The van der Waals surface area contributed by atoms with E-state index in [4.69, 9.17) is 5.73 Å². The highest BCUT2D eigenvalue weighted by molar-refractivity contribution is 7.90. The van der Waals surface area contributed by atoms with E-state index >= 15 is 0 Å². The third kappa shape index (κ3) is 2.33. The van der Waals surface area contributed by atoms with Crippen LogP contribution in [0.1, 0.15) is 12.8 Å². The Hall–Kier alpha value is -1.56. The van der Waals surface area contributed by atoms with Crippen LogP contribution < -0.4 is 10.5 Å². The first-order valence-corrected chi connectivity index (χ1v) is 6.48. The fourth-order valence-electron chi connectivity index (χ4n) is 1.48. The molecule has 0 bridgehead atoms. The standard InChI is InChI=1S/C10H13N3O2S/c11-8-3-5-9(6-4-8)16(14,15)13-10-2-1-7-12-10/h3-6H,1-2,7,11H2,(H,12,13). The molecule has 1 aliphatic rings. The molecule has 1 aromatic rings. The number of nitrogen functional groups attached to an aromatic ring is 1. The van der Waals surface area contributed by atoms with Gasteiger partial charge in [-0.2, -0.15) is 0 Å². The number of aliphatic imine (C=N–C) groups is 1. The molecular formula is C10H13N3O2S. The van der Waals surface area contributed by atoms with Gasteiger partial charge >= 0.3 is 0 Å². The van der Waals surface area contributed by atoms with E-state index in [-0.39, 0.29) is 4.90 Å². The third-order valence-electron chi connectivity index (χ3n) is 2.32. The van der Waals surface area contributed by atoms with Crippen molar-refractivity contribution in [1.82, 2.24) is 4.72 Å². The van der Waals surface area contributed by atoms with Gasteiger partial charge in [-0.3, -0.25) is 9.71 Å². The predicted molar refractivity (Wildman–Crippen MR) is 62.7 cm³/mol. The van der Waals surface area contributed by atoms with E-state index in [0.29, 0.717) is 24.5 Å². The molecule has 0 aliphatic carbocycles. The molecule has 0 aromatic heterocycles. The molecule has 0 atom stereocenters. The van der Waals surface area contributed by atoms with Gasteiger partial charge in [0.2, 0.25) is 0 Å². The number of amidine groups is 1. The quantitative estimate of drug-likeness (QED) is 0.746. The number of nitrogens with zero attached hydrogens (tertiary/aromatic N) is 1. The minimum absolute atomic E-state index is 0.205. The second-order valence-corrected chi connectivity index (χ2v) is 5.29. The minimum atomic E-state index is -3.50. The Morgan fingerprint density at radius 3 is 2.50 bits per heavy atom. The topological polar surface area (TPSA) is 84.5 Å². The number of anilines is 1. The molecule has 0 saturated heterocycles. The van der Waals surface area contributed by atoms with Gasteiger partial charge in [0.15, 0.2) is 0 Å². The highest BCUT2D eigenvalue weighted by Gasteiger charge is 2.17. The van der Waals surface area contributed by atoms with Crippen molar-refractivity contribution in [3.05, 3.63) is 24.3 Å². The molecule has 0 saturated carbocycles. The highest BCUT2D eigenvalue weighted by atomic mass is 32.2. The molecule has 1 heterocycles. The molecule has 6 heteroatoms. The van der Waals surface area contributed by atoms with Gasteiger partial charge in [0.1, 0.15) is 5.84 Å². The Morgan fingerprint density at radius 1 is 1.25 bits per heavy atom. The Morgan fingerprint density at radius 2 is 1.94 bits per heavy atom. The molecule has 3 N–H and O–H groups in total. The summed E-state index contributed by atoms with van der Waals surface area (Å²) >= 11 is 0. The number of sulfonamides is 1. The first-order chi connectivity index (χ1) is 7.58. The minimum Gasteiger partial charge on any atom is -0.399 e. The van der Waals surface area contributed by atoms with Gasteiger partial charge in [-0.05, 0) is 30.7 Å². The van der Waals surface area contributed by atoms with E-state index in [2.05, 4.69) is 9.71 Å². The van der Waals surface area contributed by atoms with Crippen molar-refractivity contribution in [3.8, 4) is 0 Å². The molecule has 1 aliphatic heterocycles. The Labute approximate surface area is 94.4 Å². The van der Waals surface area contributed by atoms with E-state index < -0.39 is 10.0 Å². The lowest BCUT2D eigenvalue weighted by Crippen LogP contribution is -2.29. The van der Waals surface area contributed by atoms with Crippen molar-refractivity contribution in [2.45, 2.75) is 17.7 Å². The first-order valence-electron chi connectivity index (χ1n) is 5.00. The summed E-state index contributed by atoms with van der Waals surface area (Å²) in [6.07, 6.45) is 1.59. The molecular weight excluding hydrogens is 226 g/mol. The Balaban J connectivity index is 2.21. The maximum absolute atomic E-state index is 11.9. The van der Waals surface area contributed by atoms with Crippen LogP contribution in [-0.4, -0.2) is 20.8 Å². The van der Waals surface area contributed by atoms with Crippen molar-refractivity contribution in [3.63, 3.8) is 0 Å². The molecule has 5 nitrogen and oxygen atoms in total. The summed E-state index contributed by atoms with van der Waals surface area (Å²) in [6, 6.07) is 6.08. The van der Waals surface area contributed by atoms with Gasteiger partial charge in [-0.15, -0.1) is 0 Å². The van der Waals surface area contributed by atoms with E-state index in [1.165, 1.54) is 12.1 Å². The van der Waals surface area contributed by atoms with Crippen LogP contribution in [0, 0.1) is 0 Å². The van der Waals surface area contributed by atoms with Crippen LogP contribution >= 0.6 is 0 Å². The Bertz CT molecular complexity index is 505. The lowest BCUT2D eigenvalue weighted by atomic mass is 10.3. The van der Waals surface area contributed by atoms with Gasteiger partial charge in [-0.1, -0.05) is 0 Å². The van der Waals surface area contributed by atoms with Crippen molar-refractivity contribution in [2.24, 2.45) is 4.99 Å². The number of nitrogens with two attached hydrogens (primary N) is 1. The number of rotatable bonds is 2. The SMILES string of the molecule is Nc1ccc(S(=O)(=O)NC2=NCCC2)cc1. The van der Waals surface area contributed by atoms with Gasteiger partial charge in [0.05, 0.1) is 4.90 Å². The number of hydrogen-bond donors (Lipinski definition) is 2. The summed E-state index contributed by atoms with van der Waals surface area (Å²) in [7, 11) is -3.50. The van der Waals surface area contributed by atoms with Crippen LogP contribution in [-0.2, 0) is 10.0 Å². The second-order valence-electron chi connectivity index (χ2n) is 3.61. The molecule has 0 unspecified atom stereocenters. The molecule has 2 rings (SSSR count). The summed E-state index contributed by atoms with van der Waals surface area (Å²) in [5.74, 6) is 0.539. The second kappa shape index (κ2) is 4.13. The third-order valence-corrected chi connectivity index (χ3v) is 3.71. The van der Waals surface area contributed by atoms with Crippen molar-refractivity contribution in [2.75, 3.05) is 12.3 Å². The molecule has 0 spiro atoms. The average molecular weight is 239 g/mol.